The van der Waals surface area contributed by atoms with E-state index in [1.54, 1.807) is 0 Å². The number of pyridine rings is 1. The van der Waals surface area contributed by atoms with Gasteiger partial charge in [-0.1, -0.05) is 18.2 Å². The molecule has 0 radical (unpaired) electrons. The van der Waals surface area contributed by atoms with Crippen molar-refractivity contribution in [3.63, 3.8) is 0 Å². The molecule has 17 heavy (non-hydrogen) atoms. The Balaban J connectivity index is 2.41. The van der Waals surface area contributed by atoms with Crippen LogP contribution in [0.5, 0.6) is 0 Å². The van der Waals surface area contributed by atoms with E-state index in [2.05, 4.69) is 53.7 Å². The van der Waals surface area contributed by atoms with Crippen LogP contribution in [0.3, 0.4) is 0 Å². The largest absolute Gasteiger partial charge is 0.312 e. The van der Waals surface area contributed by atoms with E-state index in [0.717, 1.165) is 5.52 Å². The van der Waals surface area contributed by atoms with Gasteiger partial charge in [-0.3, -0.25) is 4.98 Å². The molecule has 0 unspecified atom stereocenters. The van der Waals surface area contributed by atoms with Crippen LogP contribution < -0.4 is 0 Å². The molecular formula is C15H14N2. The molecule has 0 amide bonds. The summed E-state index contributed by atoms with van der Waals surface area (Å²) in [5.74, 6) is 0. The summed E-state index contributed by atoms with van der Waals surface area (Å²) in [6.07, 6.45) is 1.85. The second-order valence-corrected chi connectivity index (χ2v) is 4.25. The van der Waals surface area contributed by atoms with Gasteiger partial charge in [-0.25, -0.2) is 0 Å². The molecule has 3 rings (SSSR count). The monoisotopic (exact) mass is 222 g/mol. The second-order valence-electron chi connectivity index (χ2n) is 4.25. The highest BCUT2D eigenvalue weighted by atomic mass is 15.0. The molecule has 3 aromatic rings. The Bertz CT molecular complexity index is 666. The average molecular weight is 222 g/mol. The van der Waals surface area contributed by atoms with Crippen LogP contribution in [0.1, 0.15) is 11.3 Å². The molecule has 2 aromatic heterocycles. The van der Waals surface area contributed by atoms with Crippen molar-refractivity contribution in [2.24, 2.45) is 0 Å². The summed E-state index contributed by atoms with van der Waals surface area (Å²) in [4.78, 5) is 4.47. The Morgan fingerprint density at radius 2 is 1.71 bits per heavy atom. The fourth-order valence-corrected chi connectivity index (χ4v) is 2.30. The summed E-state index contributed by atoms with van der Waals surface area (Å²) in [6.45, 7) is 4.27. The molecule has 2 nitrogen and oxygen atoms in total. The van der Waals surface area contributed by atoms with Gasteiger partial charge in [0.25, 0.3) is 0 Å². The maximum absolute atomic E-state index is 4.47. The molecule has 84 valence electrons. The van der Waals surface area contributed by atoms with E-state index in [1.165, 1.54) is 22.5 Å². The number of hydrogen-bond acceptors (Lipinski definition) is 1. The van der Waals surface area contributed by atoms with Crippen molar-refractivity contribution in [2.75, 3.05) is 0 Å². The Kier molecular flexibility index (Phi) is 2.22. The van der Waals surface area contributed by atoms with Gasteiger partial charge in [-0.05, 0) is 43.7 Å². The van der Waals surface area contributed by atoms with Gasteiger partial charge in [0.05, 0.1) is 11.0 Å². The van der Waals surface area contributed by atoms with E-state index in [4.69, 9.17) is 0 Å². The zero-order chi connectivity index (χ0) is 11.8. The molecule has 2 heteroatoms. The summed E-state index contributed by atoms with van der Waals surface area (Å²) < 4.78 is 2.26. The van der Waals surface area contributed by atoms with Gasteiger partial charge in [0.15, 0.2) is 0 Å². The number of aryl methyl sites for hydroxylation is 1. The molecule has 0 aliphatic rings. The van der Waals surface area contributed by atoms with Crippen LogP contribution >= 0.6 is 0 Å². The highest BCUT2D eigenvalue weighted by Crippen LogP contribution is 2.26. The van der Waals surface area contributed by atoms with E-state index >= 15 is 0 Å². The molecule has 0 saturated carbocycles. The lowest BCUT2D eigenvalue weighted by molar-refractivity contribution is 1.04. The van der Waals surface area contributed by atoms with Gasteiger partial charge in [-0.2, -0.15) is 0 Å². The topological polar surface area (TPSA) is 17.8 Å². The standard InChI is InChI=1S/C15H14N2/c1-11-12(2)17(13-7-4-3-5-8-13)14-9-6-10-16-15(11)14/h3-10H,1-2H3. The third-order valence-corrected chi connectivity index (χ3v) is 3.28. The first-order valence-corrected chi connectivity index (χ1v) is 5.77. The molecule has 0 saturated heterocycles. The number of nitrogens with zero attached hydrogens (tertiary/aromatic N) is 2. The zero-order valence-corrected chi connectivity index (χ0v) is 10.0. The Morgan fingerprint density at radius 1 is 0.941 bits per heavy atom. The predicted octanol–water partition coefficient (Wildman–Crippen LogP) is 3.64. The van der Waals surface area contributed by atoms with E-state index in [1.807, 2.05) is 18.3 Å². The molecular weight excluding hydrogens is 208 g/mol. The minimum atomic E-state index is 1.09. The zero-order valence-electron chi connectivity index (χ0n) is 10.0. The fourth-order valence-electron chi connectivity index (χ4n) is 2.30. The summed E-state index contributed by atoms with van der Waals surface area (Å²) in [7, 11) is 0. The lowest BCUT2D eigenvalue weighted by Crippen LogP contribution is -1.95. The molecule has 0 spiro atoms. The highest BCUT2D eigenvalue weighted by molar-refractivity contribution is 5.83. The van der Waals surface area contributed by atoms with Crippen molar-refractivity contribution in [1.82, 2.24) is 9.55 Å². The van der Waals surface area contributed by atoms with E-state index in [-0.39, 0.29) is 0 Å². The molecule has 0 N–H and O–H groups in total. The van der Waals surface area contributed by atoms with Crippen molar-refractivity contribution < 1.29 is 0 Å². The van der Waals surface area contributed by atoms with Crippen molar-refractivity contribution in [3.05, 3.63) is 59.9 Å². The van der Waals surface area contributed by atoms with Gasteiger partial charge >= 0.3 is 0 Å². The van der Waals surface area contributed by atoms with Crippen LogP contribution in [0.25, 0.3) is 16.7 Å². The third-order valence-electron chi connectivity index (χ3n) is 3.28. The first-order valence-electron chi connectivity index (χ1n) is 5.77. The molecule has 0 atom stereocenters. The quantitative estimate of drug-likeness (QED) is 0.614. The Morgan fingerprint density at radius 3 is 2.47 bits per heavy atom. The van der Waals surface area contributed by atoms with Crippen molar-refractivity contribution >= 4 is 11.0 Å². The molecule has 1 aromatic carbocycles. The number of hydrogen-bond donors (Lipinski definition) is 0. The van der Waals surface area contributed by atoms with Crippen LogP contribution in [0.4, 0.5) is 0 Å². The van der Waals surface area contributed by atoms with Gasteiger partial charge < -0.3 is 4.57 Å². The maximum Gasteiger partial charge on any atom is 0.0916 e. The average Bonchev–Trinajstić information content (AvgIpc) is 2.64. The smallest absolute Gasteiger partial charge is 0.0916 e. The van der Waals surface area contributed by atoms with Crippen molar-refractivity contribution in [3.8, 4) is 5.69 Å². The first kappa shape index (κ1) is 10.1. The third kappa shape index (κ3) is 1.45. The maximum atomic E-state index is 4.47. The number of para-hydroxylation sites is 1. The van der Waals surface area contributed by atoms with Crippen LogP contribution in [0.15, 0.2) is 48.7 Å². The Hall–Kier alpha value is -2.09. The Labute approximate surface area is 101 Å². The number of aromatic nitrogens is 2. The van der Waals surface area contributed by atoms with E-state index in [9.17, 15) is 0 Å². The van der Waals surface area contributed by atoms with Crippen molar-refractivity contribution in [1.29, 1.82) is 0 Å². The highest BCUT2D eigenvalue weighted by Gasteiger charge is 2.11. The van der Waals surface area contributed by atoms with Crippen molar-refractivity contribution in [2.45, 2.75) is 13.8 Å². The van der Waals surface area contributed by atoms with Gasteiger partial charge in [0, 0.05) is 17.6 Å². The summed E-state index contributed by atoms with van der Waals surface area (Å²) >= 11 is 0. The predicted molar refractivity (Wildman–Crippen MR) is 70.5 cm³/mol. The van der Waals surface area contributed by atoms with Gasteiger partial charge in [-0.15, -0.1) is 0 Å². The molecule has 0 fully saturated rings. The first-order chi connectivity index (χ1) is 8.29. The van der Waals surface area contributed by atoms with E-state index in [0.29, 0.717) is 0 Å². The number of benzene rings is 1. The SMILES string of the molecule is Cc1c(C)n(-c2ccccc2)c2cccnc12. The van der Waals surface area contributed by atoms with E-state index < -0.39 is 0 Å². The fraction of sp³-hybridized carbons (Fsp3) is 0.133. The minimum Gasteiger partial charge on any atom is -0.312 e. The summed E-state index contributed by atoms with van der Waals surface area (Å²) in [5, 5.41) is 0. The molecule has 0 bridgehead atoms. The molecule has 0 aliphatic carbocycles. The second kappa shape index (κ2) is 3.74. The number of rotatable bonds is 1. The van der Waals surface area contributed by atoms with Gasteiger partial charge in [0.1, 0.15) is 0 Å². The lowest BCUT2D eigenvalue weighted by atomic mass is 10.2. The van der Waals surface area contributed by atoms with Crippen LogP contribution in [0.2, 0.25) is 0 Å². The summed E-state index contributed by atoms with van der Waals surface area (Å²) in [6, 6.07) is 14.5. The van der Waals surface area contributed by atoms with Crippen LogP contribution in [-0.4, -0.2) is 9.55 Å². The normalized spacial score (nSPS) is 10.9. The van der Waals surface area contributed by atoms with Crippen LogP contribution in [-0.2, 0) is 0 Å². The lowest BCUT2D eigenvalue weighted by Gasteiger charge is -2.07. The summed E-state index contributed by atoms with van der Waals surface area (Å²) in [5.41, 5.74) is 5.97. The molecule has 2 heterocycles. The molecule has 0 aliphatic heterocycles. The van der Waals surface area contributed by atoms with Gasteiger partial charge in [0.2, 0.25) is 0 Å². The number of fused-ring (bicyclic) bond motifs is 1. The van der Waals surface area contributed by atoms with Crippen LogP contribution in [0, 0.1) is 13.8 Å². The minimum absolute atomic E-state index is 1.09.